The Morgan fingerprint density at radius 2 is 2.06 bits per heavy atom. The van der Waals surface area contributed by atoms with E-state index >= 15 is 0 Å². The predicted octanol–water partition coefficient (Wildman–Crippen LogP) is -0.548. The molecule has 192 valence electrons. The SMILES string of the molecule is CC1(C)[C@H](CC(=O)/C(=N\OCc2cc(=O)c(O)cn2O)c2csc(N)n2)C(=O)N1OS(=O)(=O)[O-].S. The Morgan fingerprint density at radius 1 is 1.40 bits per heavy atom. The fraction of sp³-hybridized carbons (Fsp3) is 0.353. The Labute approximate surface area is 208 Å². The number of rotatable bonds is 9. The number of nitrogens with zero attached hydrogens (tertiary/aromatic N) is 4. The topological polar surface area (TPSA) is 227 Å². The first-order valence-electron chi connectivity index (χ1n) is 9.28. The lowest BCUT2D eigenvalue weighted by atomic mass is 9.74. The van der Waals surface area contributed by atoms with E-state index in [2.05, 4.69) is 14.4 Å². The van der Waals surface area contributed by atoms with Crippen LogP contribution in [-0.4, -0.2) is 61.0 Å². The summed E-state index contributed by atoms with van der Waals surface area (Å²) in [5.74, 6) is -3.38. The van der Waals surface area contributed by atoms with Crippen molar-refractivity contribution in [1.82, 2.24) is 14.8 Å². The van der Waals surface area contributed by atoms with Crippen molar-refractivity contribution in [2.24, 2.45) is 11.1 Å². The Kier molecular flexibility index (Phi) is 8.17. The zero-order valence-corrected chi connectivity index (χ0v) is 20.7. The summed E-state index contributed by atoms with van der Waals surface area (Å²) in [7, 11) is -5.20. The highest BCUT2D eigenvalue weighted by molar-refractivity contribution is 7.80. The van der Waals surface area contributed by atoms with Crippen LogP contribution in [0.3, 0.4) is 0 Å². The number of hydrogen-bond acceptors (Lipinski definition) is 14. The number of thiazole rings is 1. The largest absolute Gasteiger partial charge is 0.724 e. The summed E-state index contributed by atoms with van der Waals surface area (Å²) in [6.07, 6.45) is 0.284. The molecule has 0 radical (unpaired) electrons. The minimum Gasteiger partial charge on any atom is -0.724 e. The molecule has 0 unspecified atom stereocenters. The van der Waals surface area contributed by atoms with Crippen LogP contribution in [0.2, 0.25) is 0 Å². The molecule has 1 atom stereocenters. The molecule has 15 nitrogen and oxygen atoms in total. The van der Waals surface area contributed by atoms with Crippen LogP contribution in [0, 0.1) is 5.92 Å². The number of aromatic nitrogens is 2. The molecule has 1 fully saturated rings. The quantitative estimate of drug-likeness (QED) is 0.0892. The monoisotopic (exact) mass is 550 g/mol. The average Bonchev–Trinajstić information content (AvgIpc) is 3.16. The van der Waals surface area contributed by atoms with Crippen LogP contribution in [0.4, 0.5) is 5.13 Å². The number of carbonyl (C=O) groups excluding carboxylic acids is 2. The molecule has 0 saturated carbocycles. The lowest BCUT2D eigenvalue weighted by molar-refractivity contribution is -0.228. The van der Waals surface area contributed by atoms with Crippen molar-refractivity contribution >= 4 is 57.8 Å². The van der Waals surface area contributed by atoms with Crippen LogP contribution in [0.1, 0.15) is 31.7 Å². The maximum Gasteiger partial charge on any atom is 0.253 e. The highest BCUT2D eigenvalue weighted by atomic mass is 32.3. The minimum absolute atomic E-state index is 0. The number of aromatic hydroxyl groups is 1. The second kappa shape index (κ2) is 10.2. The first-order valence-corrected chi connectivity index (χ1v) is 11.5. The zero-order chi connectivity index (χ0) is 25.4. The van der Waals surface area contributed by atoms with Gasteiger partial charge in [0.25, 0.3) is 5.91 Å². The smallest absolute Gasteiger partial charge is 0.253 e. The van der Waals surface area contributed by atoms with E-state index in [-0.39, 0.29) is 35.7 Å². The van der Waals surface area contributed by atoms with Crippen molar-refractivity contribution in [1.29, 1.82) is 0 Å². The molecule has 1 aliphatic heterocycles. The van der Waals surface area contributed by atoms with Crippen molar-refractivity contribution < 1.29 is 42.0 Å². The molecular weight excluding hydrogens is 530 g/mol. The van der Waals surface area contributed by atoms with Gasteiger partial charge < -0.3 is 25.4 Å². The maximum absolute atomic E-state index is 13.0. The number of hydrogen-bond donors (Lipinski definition) is 3. The number of amides is 1. The van der Waals surface area contributed by atoms with E-state index in [1.54, 1.807) is 0 Å². The van der Waals surface area contributed by atoms with E-state index in [1.807, 2.05) is 0 Å². The zero-order valence-electron chi connectivity index (χ0n) is 18.1. The number of ketones is 1. The van der Waals surface area contributed by atoms with E-state index in [9.17, 15) is 37.7 Å². The standard InChI is InChI=1S/C17H19N5O10S2.H2S/c1-17(2)9(15(26)22(17)32-34(28,29)30)4-12(24)14(10-7-33-16(18)19-10)20-31-6-8-3-11(23)13(25)5-21(8)27;/h3,5,7,9,25,27H,4,6H2,1-2H3,(H2,18,19)(H,28,29,30);1H2/p-1/b20-14-;/t9-;/m1./s1. The molecule has 3 heterocycles. The van der Waals surface area contributed by atoms with Gasteiger partial charge in [-0.15, -0.1) is 11.3 Å². The number of Topliss-reactive ketones (excluding diaryl/α,β-unsaturated/α-hetero) is 1. The van der Waals surface area contributed by atoms with Crippen LogP contribution in [0.25, 0.3) is 0 Å². The van der Waals surface area contributed by atoms with E-state index in [0.29, 0.717) is 9.79 Å². The summed E-state index contributed by atoms with van der Waals surface area (Å²) < 4.78 is 37.1. The number of anilines is 1. The summed E-state index contributed by atoms with van der Waals surface area (Å²) >= 11 is 1.000. The Balaban J connectivity index is 0.00000432. The van der Waals surface area contributed by atoms with E-state index < -0.39 is 57.8 Å². The van der Waals surface area contributed by atoms with Gasteiger partial charge >= 0.3 is 0 Å². The number of oxime groups is 1. The third kappa shape index (κ3) is 6.09. The summed E-state index contributed by atoms with van der Waals surface area (Å²) in [5, 5.41) is 24.7. The Hall–Kier alpha value is -3.19. The molecule has 35 heavy (non-hydrogen) atoms. The van der Waals surface area contributed by atoms with Gasteiger partial charge in [-0.25, -0.2) is 13.4 Å². The number of carbonyl (C=O) groups is 2. The second-order valence-corrected chi connectivity index (χ2v) is 9.45. The molecule has 0 bridgehead atoms. The van der Waals surface area contributed by atoms with Crippen molar-refractivity contribution in [3.63, 3.8) is 0 Å². The van der Waals surface area contributed by atoms with Crippen molar-refractivity contribution in [3.05, 3.63) is 39.3 Å². The molecule has 0 aliphatic carbocycles. The first kappa shape index (κ1) is 28.1. The van der Waals surface area contributed by atoms with Crippen LogP contribution in [-0.2, 0) is 35.7 Å². The number of nitrogen functional groups attached to an aromatic ring is 1. The van der Waals surface area contributed by atoms with Crippen LogP contribution in [0.15, 0.2) is 27.6 Å². The number of β-lactam (4-membered cyclic amide) rings is 1. The van der Waals surface area contributed by atoms with Gasteiger partial charge in [-0.2, -0.15) is 27.6 Å². The maximum atomic E-state index is 13.0. The first-order chi connectivity index (χ1) is 15.7. The fourth-order valence-corrected chi connectivity index (χ4v) is 4.10. The third-order valence-electron chi connectivity index (χ3n) is 4.92. The fourth-order valence-electron chi connectivity index (χ4n) is 3.11. The molecule has 0 aromatic carbocycles. The van der Waals surface area contributed by atoms with Crippen LogP contribution in [0.5, 0.6) is 5.75 Å². The lowest BCUT2D eigenvalue weighted by Gasteiger charge is -2.51. The Bertz CT molecular complexity index is 1330. The van der Waals surface area contributed by atoms with Crippen LogP contribution < -0.4 is 11.2 Å². The number of pyridine rings is 1. The molecule has 1 saturated heterocycles. The van der Waals surface area contributed by atoms with E-state index in [4.69, 9.17) is 10.6 Å². The molecule has 18 heteroatoms. The molecule has 2 aromatic rings. The van der Waals surface area contributed by atoms with E-state index in [1.165, 1.54) is 19.2 Å². The van der Waals surface area contributed by atoms with Gasteiger partial charge in [-0.05, 0) is 13.8 Å². The lowest BCUT2D eigenvalue weighted by Crippen LogP contribution is -2.68. The van der Waals surface area contributed by atoms with Crippen LogP contribution >= 0.6 is 24.8 Å². The molecular formula is C17H20N5O10S3-. The summed E-state index contributed by atoms with van der Waals surface area (Å²) in [6.45, 7) is 2.31. The van der Waals surface area contributed by atoms with Crippen molar-refractivity contribution in [2.45, 2.75) is 32.4 Å². The van der Waals surface area contributed by atoms with E-state index in [0.717, 1.165) is 23.6 Å². The normalized spacial score (nSPS) is 17.5. The van der Waals surface area contributed by atoms with Crippen molar-refractivity contribution in [2.75, 3.05) is 5.73 Å². The van der Waals surface area contributed by atoms with Gasteiger partial charge in [0.05, 0.1) is 17.7 Å². The number of nitrogens with two attached hydrogens (primary N) is 1. The minimum atomic E-state index is -5.20. The highest BCUT2D eigenvalue weighted by Gasteiger charge is 2.57. The summed E-state index contributed by atoms with van der Waals surface area (Å²) in [4.78, 5) is 45.9. The number of hydroxylamine groups is 2. The second-order valence-electron chi connectivity index (χ2n) is 7.59. The molecule has 4 N–H and O–H groups in total. The van der Waals surface area contributed by atoms with Gasteiger partial charge in [-0.3, -0.25) is 14.4 Å². The van der Waals surface area contributed by atoms with Gasteiger partial charge in [-0.1, -0.05) is 5.16 Å². The summed E-state index contributed by atoms with van der Waals surface area (Å²) in [5.41, 5.74) is 3.11. The predicted molar refractivity (Wildman–Crippen MR) is 123 cm³/mol. The highest BCUT2D eigenvalue weighted by Crippen LogP contribution is 2.40. The van der Waals surface area contributed by atoms with Gasteiger partial charge in [0, 0.05) is 17.9 Å². The van der Waals surface area contributed by atoms with Gasteiger partial charge in [0.2, 0.25) is 15.8 Å². The van der Waals surface area contributed by atoms with Gasteiger partial charge in [0.1, 0.15) is 11.4 Å². The molecule has 2 aromatic heterocycles. The molecule has 1 amide bonds. The Morgan fingerprint density at radius 3 is 2.60 bits per heavy atom. The third-order valence-corrected chi connectivity index (χ3v) is 5.92. The average molecular weight is 551 g/mol. The summed E-state index contributed by atoms with van der Waals surface area (Å²) in [6, 6.07) is 0.890. The van der Waals surface area contributed by atoms with Crippen molar-refractivity contribution in [3.8, 4) is 5.75 Å². The molecule has 1 aliphatic rings. The molecule has 0 spiro atoms. The van der Waals surface area contributed by atoms with Gasteiger partial charge in [0.15, 0.2) is 29.0 Å². The molecule has 3 rings (SSSR count).